The van der Waals surface area contributed by atoms with Crippen LogP contribution in [0.5, 0.6) is 0 Å². The molecular formula is C15H23NO2. The van der Waals surface area contributed by atoms with E-state index in [9.17, 15) is 4.79 Å². The van der Waals surface area contributed by atoms with Gasteiger partial charge in [0.15, 0.2) is 0 Å². The molecule has 3 nitrogen and oxygen atoms in total. The summed E-state index contributed by atoms with van der Waals surface area (Å²) in [5.74, 6) is -0.325. The predicted octanol–water partition coefficient (Wildman–Crippen LogP) is 2.84. The summed E-state index contributed by atoms with van der Waals surface area (Å²) in [7, 11) is 1.43. The van der Waals surface area contributed by atoms with Gasteiger partial charge in [0.2, 0.25) is 0 Å². The Kier molecular flexibility index (Phi) is 5.35. The highest BCUT2D eigenvalue weighted by Gasteiger charge is 2.22. The average Bonchev–Trinajstić information content (AvgIpc) is 2.36. The van der Waals surface area contributed by atoms with Crippen molar-refractivity contribution < 1.29 is 9.53 Å². The third kappa shape index (κ3) is 3.84. The Hall–Kier alpha value is -1.35. The molecule has 0 heterocycles. The smallest absolute Gasteiger partial charge is 0.309 e. The highest BCUT2D eigenvalue weighted by atomic mass is 16.5. The molecule has 0 saturated heterocycles. The van der Waals surface area contributed by atoms with Crippen LogP contribution in [-0.4, -0.2) is 19.1 Å². The van der Waals surface area contributed by atoms with Crippen molar-refractivity contribution in [3.63, 3.8) is 0 Å². The Morgan fingerprint density at radius 1 is 1.28 bits per heavy atom. The molecule has 3 heteroatoms. The molecule has 0 aliphatic carbocycles. The molecule has 0 amide bonds. The molecule has 0 radical (unpaired) electrons. The summed E-state index contributed by atoms with van der Waals surface area (Å²) < 4.78 is 4.76. The molecule has 0 bridgehead atoms. The lowest BCUT2D eigenvalue weighted by molar-refractivity contribution is -0.145. The fourth-order valence-electron chi connectivity index (χ4n) is 1.96. The number of esters is 1. The molecule has 1 rings (SSSR count). The highest BCUT2D eigenvalue weighted by Crippen LogP contribution is 2.16. The van der Waals surface area contributed by atoms with E-state index in [0.717, 1.165) is 0 Å². The van der Waals surface area contributed by atoms with Crippen molar-refractivity contribution in [2.24, 2.45) is 5.92 Å². The molecule has 0 spiro atoms. The molecule has 0 fully saturated rings. The van der Waals surface area contributed by atoms with Gasteiger partial charge in [0.25, 0.3) is 0 Å². The molecule has 0 aromatic heterocycles. The second kappa shape index (κ2) is 6.55. The van der Waals surface area contributed by atoms with Crippen LogP contribution in [0.25, 0.3) is 0 Å². The fourth-order valence-corrected chi connectivity index (χ4v) is 1.96. The molecule has 3 atom stereocenters. The van der Waals surface area contributed by atoms with E-state index in [0.29, 0.717) is 0 Å². The summed E-state index contributed by atoms with van der Waals surface area (Å²) in [5, 5.41) is 3.44. The largest absolute Gasteiger partial charge is 0.469 e. The Labute approximate surface area is 110 Å². The van der Waals surface area contributed by atoms with Crippen LogP contribution in [-0.2, 0) is 9.53 Å². The number of nitrogens with one attached hydrogen (secondary N) is 1. The summed E-state index contributed by atoms with van der Waals surface area (Å²) in [6, 6.07) is 8.68. The first-order valence-corrected chi connectivity index (χ1v) is 6.36. The second-order valence-electron chi connectivity index (χ2n) is 4.90. The van der Waals surface area contributed by atoms with Crippen molar-refractivity contribution in [2.45, 2.75) is 39.8 Å². The third-order valence-electron chi connectivity index (χ3n) is 3.38. The summed E-state index contributed by atoms with van der Waals surface area (Å²) >= 11 is 0. The normalized spacial score (nSPS) is 15.8. The van der Waals surface area contributed by atoms with Gasteiger partial charge < -0.3 is 10.1 Å². The quantitative estimate of drug-likeness (QED) is 0.815. The third-order valence-corrected chi connectivity index (χ3v) is 3.38. The van der Waals surface area contributed by atoms with Gasteiger partial charge in [0, 0.05) is 12.1 Å². The molecule has 0 aliphatic heterocycles. The second-order valence-corrected chi connectivity index (χ2v) is 4.90. The monoisotopic (exact) mass is 249 g/mol. The summed E-state index contributed by atoms with van der Waals surface area (Å²) in [6.45, 7) is 8.08. The topological polar surface area (TPSA) is 38.3 Å². The molecule has 1 aromatic rings. The minimum Gasteiger partial charge on any atom is -0.469 e. The number of hydrogen-bond acceptors (Lipinski definition) is 3. The molecule has 1 N–H and O–H groups in total. The van der Waals surface area contributed by atoms with E-state index in [2.05, 4.69) is 43.4 Å². The van der Waals surface area contributed by atoms with Gasteiger partial charge in [0.05, 0.1) is 13.0 Å². The Bertz CT molecular complexity index is 403. The highest BCUT2D eigenvalue weighted by molar-refractivity contribution is 5.72. The lowest BCUT2D eigenvalue weighted by atomic mass is 10.0. The van der Waals surface area contributed by atoms with Gasteiger partial charge in [-0.05, 0) is 26.3 Å². The zero-order valence-corrected chi connectivity index (χ0v) is 11.9. The van der Waals surface area contributed by atoms with E-state index >= 15 is 0 Å². The van der Waals surface area contributed by atoms with Gasteiger partial charge in [-0.2, -0.15) is 0 Å². The number of rotatable bonds is 5. The van der Waals surface area contributed by atoms with Crippen LogP contribution in [0.4, 0.5) is 0 Å². The maximum Gasteiger partial charge on any atom is 0.309 e. The minimum absolute atomic E-state index is 0.0768. The molecule has 18 heavy (non-hydrogen) atoms. The number of benzene rings is 1. The molecule has 100 valence electrons. The van der Waals surface area contributed by atoms with Gasteiger partial charge in [-0.1, -0.05) is 36.8 Å². The number of methoxy groups -OCH3 is 1. The summed E-state index contributed by atoms with van der Waals surface area (Å²) in [4.78, 5) is 11.5. The predicted molar refractivity (Wildman–Crippen MR) is 73.4 cm³/mol. The van der Waals surface area contributed by atoms with E-state index < -0.39 is 0 Å². The summed E-state index contributed by atoms with van der Waals surface area (Å²) in [5.41, 5.74) is 2.48. The first kappa shape index (κ1) is 14.7. The standard InChI is InChI=1S/C15H23NO2/c1-10-7-6-8-14(9-10)13(4)16-12(3)11(2)15(17)18-5/h6-9,11-13,16H,1-5H3/t11?,12?,13-/m1/s1. The van der Waals surface area contributed by atoms with E-state index in [1.165, 1.54) is 18.2 Å². The number of carbonyl (C=O) groups is 1. The molecule has 1 aromatic carbocycles. The number of aryl methyl sites for hydroxylation is 1. The SMILES string of the molecule is COC(=O)C(C)C(C)N[C@H](C)c1cccc(C)c1. The first-order chi connectivity index (χ1) is 8.45. The molecular weight excluding hydrogens is 226 g/mol. The maximum absolute atomic E-state index is 11.5. The fraction of sp³-hybridized carbons (Fsp3) is 0.533. The zero-order valence-electron chi connectivity index (χ0n) is 11.9. The number of hydrogen-bond donors (Lipinski definition) is 1. The van der Waals surface area contributed by atoms with E-state index in [1.54, 1.807) is 0 Å². The Balaban J connectivity index is 2.64. The van der Waals surface area contributed by atoms with Crippen LogP contribution in [0.1, 0.15) is 37.9 Å². The van der Waals surface area contributed by atoms with Gasteiger partial charge in [-0.25, -0.2) is 0 Å². The van der Waals surface area contributed by atoms with Crippen LogP contribution >= 0.6 is 0 Å². The lowest BCUT2D eigenvalue weighted by Gasteiger charge is -2.24. The number of ether oxygens (including phenoxy) is 1. The maximum atomic E-state index is 11.5. The van der Waals surface area contributed by atoms with Crippen molar-refractivity contribution in [1.29, 1.82) is 0 Å². The minimum atomic E-state index is -0.175. The van der Waals surface area contributed by atoms with E-state index in [-0.39, 0.29) is 24.0 Å². The zero-order chi connectivity index (χ0) is 13.7. The van der Waals surface area contributed by atoms with Crippen LogP contribution in [0.3, 0.4) is 0 Å². The van der Waals surface area contributed by atoms with Gasteiger partial charge in [0.1, 0.15) is 0 Å². The van der Waals surface area contributed by atoms with Crippen molar-refractivity contribution in [1.82, 2.24) is 5.32 Å². The van der Waals surface area contributed by atoms with E-state index in [1.807, 2.05) is 13.8 Å². The molecule has 0 aliphatic rings. The van der Waals surface area contributed by atoms with Gasteiger partial charge in [-0.15, -0.1) is 0 Å². The first-order valence-electron chi connectivity index (χ1n) is 6.36. The summed E-state index contributed by atoms with van der Waals surface area (Å²) in [6.07, 6.45) is 0. The van der Waals surface area contributed by atoms with Crippen molar-refractivity contribution in [3.8, 4) is 0 Å². The van der Waals surface area contributed by atoms with Gasteiger partial charge >= 0.3 is 5.97 Å². The van der Waals surface area contributed by atoms with Crippen LogP contribution in [0, 0.1) is 12.8 Å². The van der Waals surface area contributed by atoms with Crippen LogP contribution in [0.2, 0.25) is 0 Å². The van der Waals surface area contributed by atoms with E-state index in [4.69, 9.17) is 4.74 Å². The number of carbonyl (C=O) groups excluding carboxylic acids is 1. The van der Waals surface area contributed by atoms with Crippen molar-refractivity contribution >= 4 is 5.97 Å². The molecule has 0 saturated carbocycles. The average molecular weight is 249 g/mol. The molecule has 2 unspecified atom stereocenters. The van der Waals surface area contributed by atoms with Crippen molar-refractivity contribution in [3.05, 3.63) is 35.4 Å². The van der Waals surface area contributed by atoms with Crippen molar-refractivity contribution in [2.75, 3.05) is 7.11 Å². The lowest BCUT2D eigenvalue weighted by Crippen LogP contribution is -2.38. The Morgan fingerprint density at radius 2 is 1.94 bits per heavy atom. The Morgan fingerprint density at radius 3 is 2.50 bits per heavy atom. The van der Waals surface area contributed by atoms with Crippen LogP contribution in [0.15, 0.2) is 24.3 Å². The van der Waals surface area contributed by atoms with Gasteiger partial charge in [-0.3, -0.25) is 4.79 Å². The van der Waals surface area contributed by atoms with Crippen LogP contribution < -0.4 is 5.32 Å².